The Labute approximate surface area is 106 Å². The standard InChI is InChI=1S/C12H18N2O4/c1-16-9-5-10(17-2)7-11(6-9)18-4-3-14-12(15)8-13/h5-7H,3-4,8,13H2,1-2H3,(H,14,15). The van der Waals surface area contributed by atoms with Crippen molar-refractivity contribution in [3.63, 3.8) is 0 Å². The Hall–Kier alpha value is -1.95. The summed E-state index contributed by atoms with van der Waals surface area (Å²) in [5.74, 6) is 1.71. The molecule has 0 radical (unpaired) electrons. The number of nitrogens with one attached hydrogen (secondary N) is 1. The van der Waals surface area contributed by atoms with E-state index >= 15 is 0 Å². The predicted molar refractivity (Wildman–Crippen MR) is 67.1 cm³/mol. The van der Waals surface area contributed by atoms with Crippen molar-refractivity contribution in [2.45, 2.75) is 0 Å². The molecule has 100 valence electrons. The molecule has 0 unspecified atom stereocenters. The van der Waals surface area contributed by atoms with Gasteiger partial charge in [0.2, 0.25) is 5.91 Å². The van der Waals surface area contributed by atoms with Gasteiger partial charge in [-0.3, -0.25) is 4.79 Å². The average molecular weight is 254 g/mol. The van der Waals surface area contributed by atoms with E-state index in [1.807, 2.05) is 0 Å². The molecule has 0 atom stereocenters. The van der Waals surface area contributed by atoms with Crippen molar-refractivity contribution in [3.05, 3.63) is 18.2 Å². The predicted octanol–water partition coefficient (Wildman–Crippen LogP) is 0.158. The molecule has 0 spiro atoms. The highest BCUT2D eigenvalue weighted by Gasteiger charge is 2.03. The molecule has 0 fully saturated rings. The maximum absolute atomic E-state index is 10.9. The molecule has 6 heteroatoms. The monoisotopic (exact) mass is 254 g/mol. The summed E-state index contributed by atoms with van der Waals surface area (Å²) in [6.45, 7) is 0.727. The minimum absolute atomic E-state index is 0.0209. The quantitative estimate of drug-likeness (QED) is 0.677. The molecule has 1 aromatic rings. The van der Waals surface area contributed by atoms with Crippen LogP contribution >= 0.6 is 0 Å². The molecule has 0 aromatic heterocycles. The molecule has 1 amide bonds. The number of carbonyl (C=O) groups excluding carboxylic acids is 1. The van der Waals surface area contributed by atoms with Crippen molar-refractivity contribution in [1.29, 1.82) is 0 Å². The molecule has 0 heterocycles. The van der Waals surface area contributed by atoms with E-state index in [9.17, 15) is 4.79 Å². The van der Waals surface area contributed by atoms with E-state index in [1.54, 1.807) is 32.4 Å². The van der Waals surface area contributed by atoms with Gasteiger partial charge in [0, 0.05) is 18.2 Å². The Morgan fingerprint density at radius 2 is 1.72 bits per heavy atom. The fraction of sp³-hybridized carbons (Fsp3) is 0.417. The van der Waals surface area contributed by atoms with Gasteiger partial charge in [-0.2, -0.15) is 0 Å². The van der Waals surface area contributed by atoms with Gasteiger partial charge in [-0.05, 0) is 0 Å². The van der Waals surface area contributed by atoms with Crippen LogP contribution in [0.2, 0.25) is 0 Å². The first-order valence-electron chi connectivity index (χ1n) is 5.52. The maximum Gasteiger partial charge on any atom is 0.233 e. The lowest BCUT2D eigenvalue weighted by Crippen LogP contribution is -2.33. The van der Waals surface area contributed by atoms with Crippen LogP contribution in [0.1, 0.15) is 0 Å². The normalized spacial score (nSPS) is 9.72. The lowest BCUT2D eigenvalue weighted by atomic mass is 10.3. The Balaban J connectivity index is 2.48. The summed E-state index contributed by atoms with van der Waals surface area (Å²) in [6.07, 6.45) is 0. The summed E-state index contributed by atoms with van der Waals surface area (Å²) in [4.78, 5) is 10.9. The average Bonchev–Trinajstić information content (AvgIpc) is 2.42. The number of hydrogen-bond donors (Lipinski definition) is 2. The molecule has 0 aliphatic carbocycles. The van der Waals surface area contributed by atoms with Crippen LogP contribution in [0, 0.1) is 0 Å². The number of ether oxygens (including phenoxy) is 3. The Morgan fingerprint density at radius 1 is 1.17 bits per heavy atom. The second-order valence-corrected chi connectivity index (χ2v) is 3.45. The van der Waals surface area contributed by atoms with E-state index in [1.165, 1.54) is 0 Å². The molecular formula is C12H18N2O4. The van der Waals surface area contributed by atoms with Crippen LogP contribution in [0.15, 0.2) is 18.2 Å². The fourth-order valence-electron chi connectivity index (χ4n) is 1.30. The van der Waals surface area contributed by atoms with Crippen molar-refractivity contribution in [1.82, 2.24) is 5.32 Å². The molecule has 0 saturated heterocycles. The number of amides is 1. The summed E-state index contributed by atoms with van der Waals surface area (Å²) in [5.41, 5.74) is 5.16. The maximum atomic E-state index is 10.9. The summed E-state index contributed by atoms with van der Waals surface area (Å²) in [5, 5.41) is 2.61. The second-order valence-electron chi connectivity index (χ2n) is 3.45. The zero-order valence-electron chi connectivity index (χ0n) is 10.6. The van der Waals surface area contributed by atoms with Crippen LogP contribution in [-0.4, -0.2) is 39.8 Å². The number of benzene rings is 1. The molecule has 0 bridgehead atoms. The number of hydrogen-bond acceptors (Lipinski definition) is 5. The fourth-order valence-corrected chi connectivity index (χ4v) is 1.30. The Morgan fingerprint density at radius 3 is 2.22 bits per heavy atom. The van der Waals surface area contributed by atoms with Gasteiger partial charge in [-0.1, -0.05) is 0 Å². The van der Waals surface area contributed by atoms with E-state index in [0.717, 1.165) is 0 Å². The first kappa shape index (κ1) is 14.1. The first-order chi connectivity index (χ1) is 8.69. The van der Waals surface area contributed by atoms with E-state index in [0.29, 0.717) is 30.4 Å². The third kappa shape index (κ3) is 4.50. The minimum atomic E-state index is -0.207. The van der Waals surface area contributed by atoms with Gasteiger partial charge in [0.25, 0.3) is 0 Å². The van der Waals surface area contributed by atoms with Gasteiger partial charge < -0.3 is 25.3 Å². The van der Waals surface area contributed by atoms with Crippen molar-refractivity contribution in [2.24, 2.45) is 5.73 Å². The Kier molecular flexibility index (Phi) is 5.79. The Bertz CT molecular complexity index is 373. The number of nitrogens with two attached hydrogens (primary N) is 1. The summed E-state index contributed by atoms with van der Waals surface area (Å²) >= 11 is 0. The van der Waals surface area contributed by atoms with Crippen LogP contribution in [0.5, 0.6) is 17.2 Å². The third-order valence-corrected chi connectivity index (χ3v) is 2.20. The lowest BCUT2D eigenvalue weighted by Gasteiger charge is -2.10. The van der Waals surface area contributed by atoms with Crippen LogP contribution < -0.4 is 25.3 Å². The second kappa shape index (κ2) is 7.39. The van der Waals surface area contributed by atoms with Crippen LogP contribution in [0.4, 0.5) is 0 Å². The summed E-state index contributed by atoms with van der Waals surface area (Å²) in [7, 11) is 3.14. The van der Waals surface area contributed by atoms with Crippen molar-refractivity contribution < 1.29 is 19.0 Å². The van der Waals surface area contributed by atoms with Gasteiger partial charge in [0.1, 0.15) is 23.9 Å². The van der Waals surface area contributed by atoms with Gasteiger partial charge in [0.05, 0.1) is 27.3 Å². The minimum Gasteiger partial charge on any atom is -0.496 e. The molecule has 6 nitrogen and oxygen atoms in total. The van der Waals surface area contributed by atoms with E-state index in [4.69, 9.17) is 19.9 Å². The number of rotatable bonds is 7. The van der Waals surface area contributed by atoms with E-state index in [-0.39, 0.29) is 12.5 Å². The third-order valence-electron chi connectivity index (χ3n) is 2.20. The van der Waals surface area contributed by atoms with Crippen molar-refractivity contribution >= 4 is 5.91 Å². The molecule has 3 N–H and O–H groups in total. The molecule has 0 saturated carbocycles. The van der Waals surface area contributed by atoms with Gasteiger partial charge in [0.15, 0.2) is 0 Å². The van der Waals surface area contributed by atoms with Crippen LogP contribution in [0.3, 0.4) is 0 Å². The first-order valence-corrected chi connectivity index (χ1v) is 5.52. The van der Waals surface area contributed by atoms with E-state index in [2.05, 4.69) is 5.32 Å². The smallest absolute Gasteiger partial charge is 0.233 e. The summed E-state index contributed by atoms with van der Waals surface area (Å²) in [6, 6.07) is 5.24. The van der Waals surface area contributed by atoms with Gasteiger partial charge in [-0.25, -0.2) is 0 Å². The zero-order chi connectivity index (χ0) is 13.4. The van der Waals surface area contributed by atoms with Crippen LogP contribution in [0.25, 0.3) is 0 Å². The number of carbonyl (C=O) groups is 1. The highest BCUT2D eigenvalue weighted by Crippen LogP contribution is 2.27. The lowest BCUT2D eigenvalue weighted by molar-refractivity contribution is -0.119. The van der Waals surface area contributed by atoms with Crippen molar-refractivity contribution in [3.8, 4) is 17.2 Å². The highest BCUT2D eigenvalue weighted by molar-refractivity contribution is 5.77. The molecule has 0 aliphatic heterocycles. The topological polar surface area (TPSA) is 82.8 Å². The molecule has 18 heavy (non-hydrogen) atoms. The number of methoxy groups -OCH3 is 2. The molecule has 1 aromatic carbocycles. The van der Waals surface area contributed by atoms with Crippen LogP contribution in [-0.2, 0) is 4.79 Å². The summed E-state index contributed by atoms with van der Waals surface area (Å²) < 4.78 is 15.7. The largest absolute Gasteiger partial charge is 0.496 e. The molecule has 1 rings (SSSR count). The van der Waals surface area contributed by atoms with E-state index < -0.39 is 0 Å². The van der Waals surface area contributed by atoms with Gasteiger partial charge in [-0.15, -0.1) is 0 Å². The van der Waals surface area contributed by atoms with Crippen molar-refractivity contribution in [2.75, 3.05) is 33.9 Å². The zero-order valence-corrected chi connectivity index (χ0v) is 10.6. The van der Waals surface area contributed by atoms with Gasteiger partial charge >= 0.3 is 0 Å². The molecular weight excluding hydrogens is 236 g/mol. The highest BCUT2D eigenvalue weighted by atomic mass is 16.5. The molecule has 0 aliphatic rings. The SMILES string of the molecule is COc1cc(OC)cc(OCCNC(=O)CN)c1.